The van der Waals surface area contributed by atoms with Crippen LogP contribution in [0, 0.1) is 12.3 Å². The van der Waals surface area contributed by atoms with Crippen molar-refractivity contribution in [2.45, 2.75) is 81.2 Å². The second-order valence-electron chi connectivity index (χ2n) is 13.4. The molecular formula is C45H56N4O. The van der Waals surface area contributed by atoms with Crippen LogP contribution in [0.4, 0.5) is 5.82 Å². The van der Waals surface area contributed by atoms with Crippen LogP contribution < -0.4 is 5.32 Å². The van der Waals surface area contributed by atoms with Gasteiger partial charge in [-0.3, -0.25) is 4.98 Å². The summed E-state index contributed by atoms with van der Waals surface area (Å²) in [5.74, 6) is 1.55. The number of hydrogen-bond donors (Lipinski definition) is 3. The number of aliphatic hydroxyl groups excluding tert-OH is 1. The van der Waals surface area contributed by atoms with E-state index >= 15 is 0 Å². The molecule has 0 spiro atoms. The minimum Gasteiger partial charge on any atom is -0.512 e. The number of nitrogens with one attached hydrogen (secondary N) is 2. The maximum atomic E-state index is 9.11. The minimum absolute atomic E-state index is 0.261. The molecule has 3 aromatic heterocycles. The molecule has 0 saturated heterocycles. The third kappa shape index (κ3) is 8.57. The molecule has 1 aliphatic carbocycles. The Morgan fingerprint density at radius 2 is 1.54 bits per heavy atom. The third-order valence-corrected chi connectivity index (χ3v) is 8.79. The van der Waals surface area contributed by atoms with Crippen molar-refractivity contribution in [3.63, 3.8) is 0 Å². The molecule has 7 rings (SSSR count). The summed E-state index contributed by atoms with van der Waals surface area (Å²) in [4.78, 5) is 8.09. The van der Waals surface area contributed by atoms with Crippen LogP contribution in [0.3, 0.4) is 0 Å². The molecule has 0 radical (unpaired) electrons. The van der Waals surface area contributed by atoms with Gasteiger partial charge in [0.15, 0.2) is 0 Å². The smallest absolute Gasteiger partial charge is 0.111 e. The third-order valence-electron chi connectivity index (χ3n) is 8.79. The highest BCUT2D eigenvalue weighted by Crippen LogP contribution is 2.36. The first-order valence-corrected chi connectivity index (χ1v) is 18.1. The van der Waals surface area contributed by atoms with E-state index in [2.05, 4.69) is 140 Å². The van der Waals surface area contributed by atoms with Gasteiger partial charge in [-0.05, 0) is 54.7 Å². The first-order chi connectivity index (χ1) is 24.2. The number of aromatic nitrogens is 3. The summed E-state index contributed by atoms with van der Waals surface area (Å²) in [6, 6.07) is 27.6. The number of rotatable bonds is 5. The summed E-state index contributed by atoms with van der Waals surface area (Å²) in [7, 11) is 1.96. The largest absolute Gasteiger partial charge is 0.512 e. The molecule has 5 heteroatoms. The van der Waals surface area contributed by atoms with Crippen molar-refractivity contribution in [3.05, 3.63) is 126 Å². The molecule has 50 heavy (non-hydrogen) atoms. The number of aromatic amines is 1. The zero-order valence-electron chi connectivity index (χ0n) is 31.6. The van der Waals surface area contributed by atoms with E-state index in [1.807, 2.05) is 51.4 Å². The Labute approximate surface area is 299 Å². The van der Waals surface area contributed by atoms with Crippen LogP contribution in [-0.4, -0.2) is 26.7 Å². The Kier molecular flexibility index (Phi) is 13.3. The first-order valence-electron chi connectivity index (χ1n) is 18.1. The fraction of sp³-hybridized carbons (Fsp3) is 0.311. The molecule has 6 aromatic rings. The van der Waals surface area contributed by atoms with Gasteiger partial charge in [-0.2, -0.15) is 0 Å². The van der Waals surface area contributed by atoms with E-state index in [1.54, 1.807) is 0 Å². The fourth-order valence-corrected chi connectivity index (χ4v) is 6.37. The van der Waals surface area contributed by atoms with Crippen molar-refractivity contribution in [1.29, 1.82) is 0 Å². The summed E-state index contributed by atoms with van der Waals surface area (Å²) >= 11 is 0. The van der Waals surface area contributed by atoms with Crippen LogP contribution in [0.15, 0.2) is 115 Å². The molecule has 3 aromatic carbocycles. The molecular weight excluding hydrogens is 613 g/mol. The highest BCUT2D eigenvalue weighted by Gasteiger charge is 2.18. The average Bonchev–Trinajstić information content (AvgIpc) is 3.66. The van der Waals surface area contributed by atoms with E-state index in [0.29, 0.717) is 5.76 Å². The van der Waals surface area contributed by atoms with Crippen molar-refractivity contribution in [2.75, 3.05) is 12.4 Å². The number of pyridine rings is 1. The monoisotopic (exact) mass is 668 g/mol. The average molecular weight is 669 g/mol. The molecule has 0 aliphatic heterocycles. The summed E-state index contributed by atoms with van der Waals surface area (Å²) in [6.07, 6.45) is 13.3. The van der Waals surface area contributed by atoms with E-state index in [1.165, 1.54) is 55.9 Å². The van der Waals surface area contributed by atoms with Crippen LogP contribution in [0.5, 0.6) is 0 Å². The van der Waals surface area contributed by atoms with Crippen molar-refractivity contribution < 1.29 is 5.11 Å². The lowest BCUT2D eigenvalue weighted by molar-refractivity contribution is 0.374. The van der Waals surface area contributed by atoms with Crippen molar-refractivity contribution >= 4 is 44.6 Å². The number of benzene rings is 3. The Balaban J connectivity index is 0.000000295. The van der Waals surface area contributed by atoms with E-state index in [0.717, 1.165) is 36.4 Å². The number of fused-ring (bicyclic) bond motifs is 4. The lowest BCUT2D eigenvalue weighted by Gasteiger charge is -2.24. The maximum Gasteiger partial charge on any atom is 0.111 e. The fourth-order valence-electron chi connectivity index (χ4n) is 6.37. The van der Waals surface area contributed by atoms with Crippen LogP contribution in [0.2, 0.25) is 0 Å². The van der Waals surface area contributed by atoms with Gasteiger partial charge in [0.2, 0.25) is 0 Å². The van der Waals surface area contributed by atoms with Crippen molar-refractivity contribution in [2.24, 2.45) is 5.41 Å². The molecule has 0 amide bonds. The molecule has 0 atom stereocenters. The van der Waals surface area contributed by atoms with E-state index < -0.39 is 0 Å². The summed E-state index contributed by atoms with van der Waals surface area (Å²) in [5, 5.41) is 16.2. The standard InChI is InChI=1S/C30H26N4.C10H16O.C3H8.C2H6/c1-20-21(26-13-7-8-18-32-26)16-17-24-23-11-4-6-15-28(23)34(29(20)24)19-9-12-25-22-10-3-5-14-27(22)33-30(25)31-2;1-10(2,3)8-4-6-9(11)7-5-8;1-3-2;1-2/h3-18,31,33H,19H2,1-2H3;4,6,11H,5,7H2,1-3H3;3H2,1-2H3;1-2H3/b12-9-;;;. The summed E-state index contributed by atoms with van der Waals surface area (Å²) in [6.45, 7) is 17.8. The van der Waals surface area contributed by atoms with Gasteiger partial charge in [0.05, 0.1) is 17.0 Å². The molecule has 0 saturated carbocycles. The van der Waals surface area contributed by atoms with Crippen LogP contribution in [0.1, 0.15) is 78.9 Å². The van der Waals surface area contributed by atoms with Crippen LogP contribution >= 0.6 is 0 Å². The summed E-state index contributed by atoms with van der Waals surface area (Å²) < 4.78 is 2.43. The van der Waals surface area contributed by atoms with Gasteiger partial charge < -0.3 is 20.0 Å². The molecule has 3 N–H and O–H groups in total. The topological polar surface area (TPSA) is 65.9 Å². The lowest BCUT2D eigenvalue weighted by atomic mass is 9.82. The first kappa shape index (κ1) is 37.8. The normalized spacial score (nSPS) is 12.7. The highest BCUT2D eigenvalue weighted by atomic mass is 16.3. The Bertz CT molecular complexity index is 2080. The van der Waals surface area contributed by atoms with Gasteiger partial charge in [-0.15, -0.1) is 0 Å². The minimum atomic E-state index is 0.261. The van der Waals surface area contributed by atoms with Gasteiger partial charge in [0.1, 0.15) is 5.82 Å². The molecule has 0 fully saturated rings. The molecule has 3 heterocycles. The van der Waals surface area contributed by atoms with Gasteiger partial charge in [0.25, 0.3) is 0 Å². The maximum absolute atomic E-state index is 9.11. The Morgan fingerprint density at radius 1 is 0.860 bits per heavy atom. The van der Waals surface area contributed by atoms with Crippen LogP contribution in [-0.2, 0) is 6.54 Å². The second-order valence-corrected chi connectivity index (χ2v) is 13.4. The number of allylic oxidation sites excluding steroid dienone is 5. The molecule has 0 bridgehead atoms. The molecule has 5 nitrogen and oxygen atoms in total. The van der Waals surface area contributed by atoms with Crippen molar-refractivity contribution in [1.82, 2.24) is 14.5 Å². The molecule has 262 valence electrons. The van der Waals surface area contributed by atoms with E-state index in [9.17, 15) is 0 Å². The second kappa shape index (κ2) is 17.6. The van der Waals surface area contributed by atoms with Gasteiger partial charge in [-0.25, -0.2) is 0 Å². The van der Waals surface area contributed by atoms with Crippen molar-refractivity contribution in [3.8, 4) is 11.3 Å². The SMILES string of the molecule is CC.CC(C)(C)C1=CC=C(O)CC1.CCC.CNc1[nH]c2ccccc2c1/C=C\Cn1c2ccccc2c2ccc(-c3ccccn3)c(C)c21. The van der Waals surface area contributed by atoms with Gasteiger partial charge in [0, 0.05) is 64.5 Å². The van der Waals surface area contributed by atoms with Gasteiger partial charge in [-0.1, -0.05) is 133 Å². The number of para-hydroxylation sites is 2. The molecule has 1 aliphatic rings. The Morgan fingerprint density at radius 3 is 2.18 bits per heavy atom. The highest BCUT2D eigenvalue weighted by molar-refractivity contribution is 6.10. The van der Waals surface area contributed by atoms with Gasteiger partial charge >= 0.3 is 0 Å². The number of hydrogen-bond acceptors (Lipinski definition) is 3. The van der Waals surface area contributed by atoms with Crippen LogP contribution in [0.25, 0.3) is 50.0 Å². The predicted molar refractivity (Wildman–Crippen MR) is 219 cm³/mol. The Hall–Kier alpha value is -5.03. The lowest BCUT2D eigenvalue weighted by Crippen LogP contribution is -2.11. The van der Waals surface area contributed by atoms with E-state index in [4.69, 9.17) is 5.11 Å². The number of nitrogens with zero attached hydrogens (tertiary/aromatic N) is 2. The molecule has 0 unspecified atom stereocenters. The predicted octanol–water partition coefficient (Wildman–Crippen LogP) is 13.0. The summed E-state index contributed by atoms with van der Waals surface area (Å²) in [5.41, 5.74) is 9.96. The zero-order valence-corrected chi connectivity index (χ0v) is 31.6. The van der Waals surface area contributed by atoms with E-state index in [-0.39, 0.29) is 5.41 Å². The number of anilines is 1. The number of aliphatic hydroxyl groups is 1. The quantitative estimate of drug-likeness (QED) is 0.171. The number of H-pyrrole nitrogens is 1. The zero-order chi connectivity index (χ0) is 36.3. The number of aryl methyl sites for hydroxylation is 1.